The van der Waals surface area contributed by atoms with Crippen molar-refractivity contribution in [1.82, 2.24) is 10.2 Å². The molecule has 0 aromatic rings. The van der Waals surface area contributed by atoms with Gasteiger partial charge in [-0.15, -0.1) is 0 Å². The maximum absolute atomic E-state index is 12.3. The fourth-order valence-electron chi connectivity index (χ4n) is 2.09. The second kappa shape index (κ2) is 10.2. The molecule has 0 unspecified atom stereocenters. The lowest BCUT2D eigenvalue weighted by atomic mass is 9.91. The summed E-state index contributed by atoms with van der Waals surface area (Å²) in [6, 6.07) is 0.550. The fraction of sp³-hybridized carbons (Fsp3) is 0.941. The van der Waals surface area contributed by atoms with Crippen molar-refractivity contribution in [3.8, 4) is 0 Å². The lowest BCUT2D eigenvalue weighted by Gasteiger charge is -2.27. The second-order valence-electron chi connectivity index (χ2n) is 7.29. The largest absolute Gasteiger partial charge is 0.343 e. The van der Waals surface area contributed by atoms with Gasteiger partial charge >= 0.3 is 0 Å². The Balaban J connectivity index is 4.10. The smallest absolute Gasteiger partial charge is 0.223 e. The van der Waals surface area contributed by atoms with Crippen LogP contribution < -0.4 is 5.32 Å². The van der Waals surface area contributed by atoms with Gasteiger partial charge in [-0.2, -0.15) is 0 Å². The number of carbonyl (C=O) groups excluding carboxylic acids is 1. The minimum Gasteiger partial charge on any atom is -0.343 e. The highest BCUT2D eigenvalue weighted by Crippen LogP contribution is 2.20. The molecule has 0 bridgehead atoms. The summed E-state index contributed by atoms with van der Waals surface area (Å²) in [5.74, 6) is 0.322. The Morgan fingerprint density at radius 3 is 2.20 bits per heavy atom. The highest BCUT2D eigenvalue weighted by atomic mass is 16.2. The predicted octanol–water partition coefficient (Wildman–Crippen LogP) is 3.83. The van der Waals surface area contributed by atoms with Crippen molar-refractivity contribution in [2.75, 3.05) is 19.6 Å². The van der Waals surface area contributed by atoms with Gasteiger partial charge in [-0.3, -0.25) is 4.79 Å². The number of nitrogens with one attached hydrogen (secondary N) is 1. The molecule has 0 aromatic carbocycles. The van der Waals surface area contributed by atoms with E-state index in [-0.39, 0.29) is 5.41 Å². The van der Waals surface area contributed by atoms with E-state index in [0.29, 0.717) is 18.4 Å². The molecule has 0 aliphatic rings. The van der Waals surface area contributed by atoms with Gasteiger partial charge in [0.2, 0.25) is 5.91 Å². The van der Waals surface area contributed by atoms with Crippen LogP contribution in [0.15, 0.2) is 0 Å². The third-order valence-corrected chi connectivity index (χ3v) is 3.22. The Labute approximate surface area is 126 Å². The van der Waals surface area contributed by atoms with E-state index >= 15 is 0 Å². The summed E-state index contributed by atoms with van der Waals surface area (Å²) in [7, 11) is 0. The molecular weight excluding hydrogens is 248 g/mol. The SMILES string of the molecule is CCCCN(CCCCNC(C)C)C(=O)CC(C)(C)C. The van der Waals surface area contributed by atoms with Gasteiger partial charge in [0, 0.05) is 25.6 Å². The van der Waals surface area contributed by atoms with Crippen molar-refractivity contribution < 1.29 is 4.79 Å². The van der Waals surface area contributed by atoms with E-state index in [9.17, 15) is 4.79 Å². The lowest BCUT2D eigenvalue weighted by molar-refractivity contribution is -0.133. The van der Waals surface area contributed by atoms with Gasteiger partial charge in [-0.1, -0.05) is 48.0 Å². The first kappa shape index (κ1) is 19.4. The van der Waals surface area contributed by atoms with Crippen LogP contribution in [0.4, 0.5) is 0 Å². The molecule has 0 fully saturated rings. The van der Waals surface area contributed by atoms with Crippen LogP contribution in [0.3, 0.4) is 0 Å². The van der Waals surface area contributed by atoms with E-state index in [1.54, 1.807) is 0 Å². The van der Waals surface area contributed by atoms with Crippen molar-refractivity contribution in [3.05, 3.63) is 0 Å². The Morgan fingerprint density at radius 1 is 1.10 bits per heavy atom. The number of rotatable bonds is 10. The molecule has 0 aliphatic carbocycles. The van der Waals surface area contributed by atoms with Crippen molar-refractivity contribution in [2.45, 2.75) is 79.7 Å². The summed E-state index contributed by atoms with van der Waals surface area (Å²) >= 11 is 0. The number of unbranched alkanes of at least 4 members (excludes halogenated alkanes) is 2. The maximum Gasteiger partial charge on any atom is 0.223 e. The van der Waals surface area contributed by atoms with Crippen LogP contribution in [0.2, 0.25) is 0 Å². The topological polar surface area (TPSA) is 32.3 Å². The third kappa shape index (κ3) is 11.3. The Morgan fingerprint density at radius 2 is 1.70 bits per heavy atom. The van der Waals surface area contributed by atoms with Gasteiger partial charge in [0.05, 0.1) is 0 Å². The van der Waals surface area contributed by atoms with E-state index in [4.69, 9.17) is 0 Å². The lowest BCUT2D eigenvalue weighted by Crippen LogP contribution is -2.35. The number of nitrogens with zero attached hydrogens (tertiary/aromatic N) is 1. The molecule has 0 aromatic heterocycles. The average Bonchev–Trinajstić information content (AvgIpc) is 2.29. The first-order valence-corrected chi connectivity index (χ1v) is 8.27. The molecule has 0 atom stereocenters. The summed E-state index contributed by atoms with van der Waals surface area (Å²) in [5.41, 5.74) is 0.0841. The zero-order valence-corrected chi connectivity index (χ0v) is 14.6. The highest BCUT2D eigenvalue weighted by Gasteiger charge is 2.20. The fourth-order valence-corrected chi connectivity index (χ4v) is 2.09. The normalized spacial score (nSPS) is 11.9. The molecule has 0 spiro atoms. The zero-order valence-electron chi connectivity index (χ0n) is 14.6. The Hall–Kier alpha value is -0.570. The van der Waals surface area contributed by atoms with Gasteiger partial charge in [-0.05, 0) is 31.2 Å². The van der Waals surface area contributed by atoms with E-state index in [1.807, 2.05) is 0 Å². The summed E-state index contributed by atoms with van der Waals surface area (Å²) in [4.78, 5) is 14.4. The molecule has 1 N–H and O–H groups in total. The molecular formula is C17H36N2O. The molecule has 20 heavy (non-hydrogen) atoms. The van der Waals surface area contributed by atoms with Gasteiger partial charge < -0.3 is 10.2 Å². The van der Waals surface area contributed by atoms with Crippen LogP contribution in [-0.4, -0.2) is 36.5 Å². The van der Waals surface area contributed by atoms with E-state index < -0.39 is 0 Å². The van der Waals surface area contributed by atoms with E-state index in [0.717, 1.165) is 45.3 Å². The quantitative estimate of drug-likeness (QED) is 0.618. The summed E-state index contributed by atoms with van der Waals surface area (Å²) < 4.78 is 0. The predicted molar refractivity (Wildman–Crippen MR) is 87.9 cm³/mol. The van der Waals surface area contributed by atoms with Crippen LogP contribution in [-0.2, 0) is 4.79 Å². The molecule has 0 heterocycles. The number of carbonyl (C=O) groups is 1. The van der Waals surface area contributed by atoms with Gasteiger partial charge in [-0.25, -0.2) is 0 Å². The molecule has 0 saturated carbocycles. The van der Waals surface area contributed by atoms with Crippen LogP contribution in [0.5, 0.6) is 0 Å². The number of amides is 1. The number of hydrogen-bond donors (Lipinski definition) is 1. The van der Waals surface area contributed by atoms with Crippen molar-refractivity contribution >= 4 is 5.91 Å². The monoisotopic (exact) mass is 284 g/mol. The molecule has 3 nitrogen and oxygen atoms in total. The van der Waals surface area contributed by atoms with Crippen LogP contribution in [0.25, 0.3) is 0 Å². The molecule has 1 amide bonds. The van der Waals surface area contributed by atoms with Gasteiger partial charge in [0.15, 0.2) is 0 Å². The van der Waals surface area contributed by atoms with Crippen LogP contribution in [0, 0.1) is 5.41 Å². The van der Waals surface area contributed by atoms with E-state index in [1.165, 1.54) is 0 Å². The van der Waals surface area contributed by atoms with Crippen molar-refractivity contribution in [3.63, 3.8) is 0 Å². The van der Waals surface area contributed by atoms with Crippen LogP contribution >= 0.6 is 0 Å². The molecule has 0 rings (SSSR count). The standard InChI is InChI=1S/C17H36N2O/c1-7-8-12-19(16(20)14-17(4,5)6)13-10-9-11-18-15(2)3/h15,18H,7-14H2,1-6H3. The Kier molecular flexibility index (Phi) is 9.91. The average molecular weight is 284 g/mol. The molecule has 0 radical (unpaired) electrons. The van der Waals surface area contributed by atoms with Crippen LogP contribution in [0.1, 0.15) is 73.6 Å². The minimum absolute atomic E-state index is 0.0841. The molecule has 0 saturated heterocycles. The third-order valence-electron chi connectivity index (χ3n) is 3.22. The zero-order chi connectivity index (χ0) is 15.6. The summed E-state index contributed by atoms with van der Waals surface area (Å²) in [6.45, 7) is 15.8. The minimum atomic E-state index is 0.0841. The highest BCUT2D eigenvalue weighted by molar-refractivity contribution is 5.76. The van der Waals surface area contributed by atoms with Crippen molar-refractivity contribution in [2.24, 2.45) is 5.41 Å². The molecule has 0 aliphatic heterocycles. The Bertz CT molecular complexity index is 256. The maximum atomic E-state index is 12.3. The van der Waals surface area contributed by atoms with Gasteiger partial charge in [0.1, 0.15) is 0 Å². The first-order valence-electron chi connectivity index (χ1n) is 8.27. The molecule has 120 valence electrons. The van der Waals surface area contributed by atoms with Gasteiger partial charge in [0.25, 0.3) is 0 Å². The summed E-state index contributed by atoms with van der Waals surface area (Å²) in [6.07, 6.45) is 5.15. The number of hydrogen-bond acceptors (Lipinski definition) is 2. The first-order chi connectivity index (χ1) is 9.26. The molecule has 3 heteroatoms. The van der Waals surface area contributed by atoms with Crippen molar-refractivity contribution in [1.29, 1.82) is 0 Å². The summed E-state index contributed by atoms with van der Waals surface area (Å²) in [5, 5.41) is 3.43. The second-order valence-corrected chi connectivity index (χ2v) is 7.29. The van der Waals surface area contributed by atoms with E-state index in [2.05, 4.69) is 51.8 Å².